The van der Waals surface area contributed by atoms with E-state index >= 15 is 0 Å². The van der Waals surface area contributed by atoms with Crippen LogP contribution in [0.5, 0.6) is 0 Å². The van der Waals surface area contributed by atoms with Crippen LogP contribution in [0.1, 0.15) is 44.9 Å². The maximum Gasteiger partial charge on any atom is 0.319 e. The van der Waals surface area contributed by atoms with Gasteiger partial charge in [0, 0.05) is 0 Å². The summed E-state index contributed by atoms with van der Waals surface area (Å²) in [5.41, 5.74) is 0. The summed E-state index contributed by atoms with van der Waals surface area (Å²) in [7, 11) is 0. The van der Waals surface area contributed by atoms with Gasteiger partial charge in [0.05, 0.1) is 0 Å². The van der Waals surface area contributed by atoms with Gasteiger partial charge in [-0.3, -0.25) is 9.89 Å². The molecule has 0 aromatic carbocycles. The molecule has 1 aromatic heterocycles. The molecule has 0 radical (unpaired) electrons. The summed E-state index contributed by atoms with van der Waals surface area (Å²) in [5.74, 6) is 0.597. The molecule has 1 aliphatic rings. The second-order valence-electron chi connectivity index (χ2n) is 4.66. The van der Waals surface area contributed by atoms with E-state index in [-0.39, 0.29) is 17.3 Å². The van der Waals surface area contributed by atoms with Gasteiger partial charge in [-0.1, -0.05) is 18.2 Å². The van der Waals surface area contributed by atoms with Gasteiger partial charge in [-0.2, -0.15) is 0 Å². The van der Waals surface area contributed by atoms with Gasteiger partial charge in [0.25, 0.3) is 0 Å². The molecule has 0 bridgehead atoms. The van der Waals surface area contributed by atoms with Crippen molar-refractivity contribution in [2.45, 2.75) is 62.5 Å². The van der Waals surface area contributed by atoms with Gasteiger partial charge in [-0.05, 0) is 39.5 Å². The summed E-state index contributed by atoms with van der Waals surface area (Å²) in [4.78, 5) is 16.1. The average molecular weight is 269 g/mol. The molecule has 1 heterocycles. The number of carbonyl (C=O) groups excluding carboxylic acids is 1. The van der Waals surface area contributed by atoms with E-state index < -0.39 is 0 Å². The number of aryl methyl sites for hydroxylation is 1. The van der Waals surface area contributed by atoms with E-state index in [1.165, 1.54) is 31.0 Å². The zero-order chi connectivity index (χ0) is 13.0. The number of aromatic amines is 1. The molecule has 1 saturated carbocycles. The Hall–Kier alpha value is -1.04. The van der Waals surface area contributed by atoms with Crippen molar-refractivity contribution in [3.8, 4) is 0 Å². The lowest BCUT2D eigenvalue weighted by atomic mass is 9.98. The topological polar surface area (TPSA) is 67.9 Å². The number of aromatic nitrogens is 3. The quantitative estimate of drug-likeness (QED) is 0.672. The Morgan fingerprint density at radius 1 is 1.44 bits per heavy atom. The second-order valence-corrected chi connectivity index (χ2v) is 5.97. The molecular formula is C12H19N3O2S. The number of thioether (sulfide) groups is 1. The summed E-state index contributed by atoms with van der Waals surface area (Å²) in [6.45, 7) is 3.67. The first kappa shape index (κ1) is 13.4. The van der Waals surface area contributed by atoms with E-state index in [1.807, 2.05) is 13.8 Å². The molecule has 1 aromatic rings. The number of nitrogens with one attached hydrogen (secondary N) is 1. The number of nitrogens with zero attached hydrogens (tertiary/aromatic N) is 2. The number of hydrogen-bond donors (Lipinski definition) is 1. The molecule has 0 aliphatic heterocycles. The molecule has 1 fully saturated rings. The van der Waals surface area contributed by atoms with Crippen LogP contribution in [0.4, 0.5) is 0 Å². The van der Waals surface area contributed by atoms with E-state index in [0.717, 1.165) is 18.7 Å². The van der Waals surface area contributed by atoms with Crippen LogP contribution in [0.2, 0.25) is 0 Å². The minimum atomic E-state index is -0.262. The lowest BCUT2D eigenvalue weighted by molar-refractivity contribution is -0.149. The monoisotopic (exact) mass is 269 g/mol. The molecule has 100 valence electrons. The number of H-pyrrole nitrogens is 1. The lowest BCUT2D eigenvalue weighted by Gasteiger charge is -2.23. The van der Waals surface area contributed by atoms with Crippen LogP contribution in [0, 0.1) is 6.92 Å². The molecule has 1 aliphatic carbocycles. The molecule has 0 saturated heterocycles. The highest BCUT2D eigenvalue weighted by Gasteiger charge is 2.23. The van der Waals surface area contributed by atoms with Gasteiger partial charge in [-0.25, -0.2) is 4.98 Å². The Morgan fingerprint density at radius 2 is 2.17 bits per heavy atom. The van der Waals surface area contributed by atoms with Crippen LogP contribution in [-0.2, 0) is 9.53 Å². The molecule has 1 N–H and O–H groups in total. The Bertz CT molecular complexity index is 402. The summed E-state index contributed by atoms with van der Waals surface area (Å²) in [5, 5.41) is 7.10. The van der Waals surface area contributed by atoms with Crippen molar-refractivity contribution in [1.82, 2.24) is 15.2 Å². The van der Waals surface area contributed by atoms with Gasteiger partial charge < -0.3 is 4.74 Å². The van der Waals surface area contributed by atoms with E-state index in [1.54, 1.807) is 0 Å². The first-order chi connectivity index (χ1) is 8.65. The fourth-order valence-corrected chi connectivity index (χ4v) is 2.78. The van der Waals surface area contributed by atoms with Crippen LogP contribution in [-0.4, -0.2) is 32.5 Å². The van der Waals surface area contributed by atoms with Crippen molar-refractivity contribution in [2.24, 2.45) is 0 Å². The molecule has 1 unspecified atom stereocenters. The molecule has 0 amide bonds. The predicted octanol–water partition coefficient (Wildman–Crippen LogP) is 2.47. The van der Waals surface area contributed by atoms with Crippen LogP contribution in [0.3, 0.4) is 0 Å². The van der Waals surface area contributed by atoms with Crippen molar-refractivity contribution in [2.75, 3.05) is 0 Å². The van der Waals surface area contributed by atoms with E-state index in [0.29, 0.717) is 5.16 Å². The van der Waals surface area contributed by atoms with Gasteiger partial charge in [0.15, 0.2) is 0 Å². The Balaban J connectivity index is 1.80. The molecular weight excluding hydrogens is 250 g/mol. The van der Waals surface area contributed by atoms with E-state index in [9.17, 15) is 4.79 Å². The zero-order valence-corrected chi connectivity index (χ0v) is 11.6. The standard InChI is InChI=1S/C12H19N3O2S/c1-8(18-12-13-9(2)14-15-12)11(16)17-10-6-4-3-5-7-10/h8,10H,3-7H2,1-2H3,(H,13,14,15). The summed E-state index contributed by atoms with van der Waals surface area (Å²) < 4.78 is 5.51. The Kier molecular flexibility index (Phi) is 4.63. The smallest absolute Gasteiger partial charge is 0.319 e. The average Bonchev–Trinajstić information content (AvgIpc) is 2.76. The first-order valence-electron chi connectivity index (χ1n) is 6.41. The van der Waals surface area contributed by atoms with Crippen LogP contribution >= 0.6 is 11.8 Å². The highest BCUT2D eigenvalue weighted by molar-refractivity contribution is 8.00. The van der Waals surface area contributed by atoms with Crippen molar-refractivity contribution in [1.29, 1.82) is 0 Å². The van der Waals surface area contributed by atoms with Crippen molar-refractivity contribution in [3.05, 3.63) is 5.82 Å². The maximum atomic E-state index is 11.9. The molecule has 18 heavy (non-hydrogen) atoms. The van der Waals surface area contributed by atoms with Gasteiger partial charge in [0.1, 0.15) is 17.2 Å². The van der Waals surface area contributed by atoms with Crippen molar-refractivity contribution in [3.63, 3.8) is 0 Å². The summed E-state index contributed by atoms with van der Waals surface area (Å²) in [6.07, 6.45) is 5.71. The van der Waals surface area contributed by atoms with E-state index in [2.05, 4.69) is 15.2 Å². The van der Waals surface area contributed by atoms with Crippen LogP contribution in [0.25, 0.3) is 0 Å². The van der Waals surface area contributed by atoms with E-state index in [4.69, 9.17) is 4.74 Å². The SMILES string of the molecule is Cc1nc(SC(C)C(=O)OC2CCCCC2)n[nH]1. The van der Waals surface area contributed by atoms with Crippen molar-refractivity contribution < 1.29 is 9.53 Å². The number of carbonyl (C=O) groups is 1. The van der Waals surface area contributed by atoms with Crippen molar-refractivity contribution >= 4 is 17.7 Å². The second kappa shape index (κ2) is 6.22. The van der Waals surface area contributed by atoms with Gasteiger partial charge in [-0.15, -0.1) is 5.10 Å². The fourth-order valence-electron chi connectivity index (χ4n) is 2.02. The highest BCUT2D eigenvalue weighted by atomic mass is 32.2. The fraction of sp³-hybridized carbons (Fsp3) is 0.750. The largest absolute Gasteiger partial charge is 0.462 e. The first-order valence-corrected chi connectivity index (χ1v) is 7.29. The molecule has 5 nitrogen and oxygen atoms in total. The molecule has 1 atom stereocenters. The molecule has 2 rings (SSSR count). The predicted molar refractivity (Wildman–Crippen MR) is 69.4 cm³/mol. The third-order valence-corrected chi connectivity index (χ3v) is 3.97. The minimum absolute atomic E-state index is 0.114. The number of esters is 1. The Labute approximate surface area is 111 Å². The number of ether oxygens (including phenoxy) is 1. The highest BCUT2D eigenvalue weighted by Crippen LogP contribution is 2.24. The summed E-state index contributed by atoms with van der Waals surface area (Å²) >= 11 is 1.33. The normalized spacial score (nSPS) is 18.6. The minimum Gasteiger partial charge on any atom is -0.462 e. The van der Waals surface area contributed by atoms with Gasteiger partial charge >= 0.3 is 5.97 Å². The lowest BCUT2D eigenvalue weighted by Crippen LogP contribution is -2.26. The Morgan fingerprint density at radius 3 is 2.78 bits per heavy atom. The summed E-state index contributed by atoms with van der Waals surface area (Å²) in [6, 6.07) is 0. The molecule has 6 heteroatoms. The zero-order valence-electron chi connectivity index (χ0n) is 10.8. The van der Waals surface area contributed by atoms with Crippen LogP contribution in [0.15, 0.2) is 5.16 Å². The number of hydrogen-bond acceptors (Lipinski definition) is 5. The third kappa shape index (κ3) is 3.73. The van der Waals surface area contributed by atoms with Crippen LogP contribution < -0.4 is 0 Å². The van der Waals surface area contributed by atoms with Gasteiger partial charge in [0.2, 0.25) is 5.16 Å². The number of rotatable bonds is 4. The third-order valence-electron chi connectivity index (χ3n) is 3.03. The maximum absolute atomic E-state index is 11.9. The molecule has 0 spiro atoms.